The van der Waals surface area contributed by atoms with Crippen molar-refractivity contribution >= 4 is 11.8 Å². The third-order valence-corrected chi connectivity index (χ3v) is 2.81. The Kier molecular flexibility index (Phi) is 4.44. The van der Waals surface area contributed by atoms with Crippen molar-refractivity contribution in [2.75, 3.05) is 14.2 Å². The molecule has 0 amide bonds. The normalized spacial score (nSPS) is 12.0. The monoisotopic (exact) mass is 251 g/mol. The predicted molar refractivity (Wildman–Crippen MR) is 67.3 cm³/mol. The van der Waals surface area contributed by atoms with Crippen LogP contribution >= 0.6 is 0 Å². The van der Waals surface area contributed by atoms with Crippen molar-refractivity contribution in [3.63, 3.8) is 0 Å². The van der Waals surface area contributed by atoms with Crippen LogP contribution in [-0.4, -0.2) is 37.1 Å². The molecule has 0 fully saturated rings. The molecule has 1 atom stereocenters. The Morgan fingerprint density at radius 1 is 1.28 bits per heavy atom. The maximum Gasteiger partial charge on any atom is 0.328 e. The van der Waals surface area contributed by atoms with E-state index in [0.29, 0.717) is 16.9 Å². The average molecular weight is 251 g/mol. The van der Waals surface area contributed by atoms with Gasteiger partial charge in [-0.15, -0.1) is 0 Å². The number of nitrogens with one attached hydrogen (secondary N) is 1. The minimum Gasteiger partial charge on any atom is -0.496 e. The van der Waals surface area contributed by atoms with Crippen LogP contribution in [0, 0.1) is 13.8 Å². The molecule has 5 nitrogen and oxygen atoms in total. The van der Waals surface area contributed by atoms with Gasteiger partial charge in [0.05, 0.1) is 7.11 Å². The summed E-state index contributed by atoms with van der Waals surface area (Å²) in [4.78, 5) is 23.1. The van der Waals surface area contributed by atoms with Gasteiger partial charge in [0, 0.05) is 5.56 Å². The number of aliphatic carboxylic acids is 1. The van der Waals surface area contributed by atoms with Gasteiger partial charge in [-0.05, 0) is 44.2 Å². The zero-order valence-corrected chi connectivity index (χ0v) is 10.9. The molecule has 0 heterocycles. The largest absolute Gasteiger partial charge is 0.496 e. The van der Waals surface area contributed by atoms with E-state index in [1.54, 1.807) is 26.2 Å². The van der Waals surface area contributed by atoms with Crippen molar-refractivity contribution in [1.82, 2.24) is 5.32 Å². The highest BCUT2D eigenvalue weighted by atomic mass is 16.5. The number of rotatable bonds is 5. The molecule has 0 radical (unpaired) electrons. The van der Waals surface area contributed by atoms with Crippen LogP contribution in [0.25, 0.3) is 0 Å². The lowest BCUT2D eigenvalue weighted by Crippen LogP contribution is -2.41. The lowest BCUT2D eigenvalue weighted by molar-refractivity contribution is -0.137. The van der Waals surface area contributed by atoms with Crippen molar-refractivity contribution in [2.45, 2.75) is 19.9 Å². The van der Waals surface area contributed by atoms with Crippen molar-refractivity contribution in [1.29, 1.82) is 0 Å². The SMILES string of the molecule is CNC(C(=O)O)C(=O)c1cc(C)c(OC)cc1C. The quantitative estimate of drug-likeness (QED) is 0.607. The van der Waals surface area contributed by atoms with Crippen LogP contribution in [0.5, 0.6) is 5.75 Å². The fourth-order valence-electron chi connectivity index (χ4n) is 1.80. The Morgan fingerprint density at radius 2 is 1.89 bits per heavy atom. The first-order valence-electron chi connectivity index (χ1n) is 5.51. The first-order valence-corrected chi connectivity index (χ1v) is 5.51. The number of carboxylic acids is 1. The number of carbonyl (C=O) groups excluding carboxylic acids is 1. The molecule has 0 spiro atoms. The van der Waals surface area contributed by atoms with E-state index in [1.807, 2.05) is 6.92 Å². The molecule has 0 aliphatic rings. The van der Waals surface area contributed by atoms with Gasteiger partial charge in [0.2, 0.25) is 0 Å². The molecule has 1 rings (SSSR count). The Morgan fingerprint density at radius 3 is 2.33 bits per heavy atom. The zero-order chi connectivity index (χ0) is 13.9. The number of Topliss-reactive ketones (excluding diaryl/α,β-unsaturated/α-hetero) is 1. The zero-order valence-electron chi connectivity index (χ0n) is 10.9. The molecule has 0 bridgehead atoms. The van der Waals surface area contributed by atoms with Gasteiger partial charge in [0.25, 0.3) is 0 Å². The second kappa shape index (κ2) is 5.64. The third kappa shape index (κ3) is 2.68. The van der Waals surface area contributed by atoms with Crippen LogP contribution in [0.1, 0.15) is 21.5 Å². The Bertz CT molecular complexity index is 482. The van der Waals surface area contributed by atoms with Gasteiger partial charge in [-0.2, -0.15) is 0 Å². The maximum absolute atomic E-state index is 12.1. The summed E-state index contributed by atoms with van der Waals surface area (Å²) in [6, 6.07) is 2.16. The molecular weight excluding hydrogens is 234 g/mol. The Labute approximate surface area is 106 Å². The van der Waals surface area contributed by atoms with Crippen LogP contribution < -0.4 is 10.1 Å². The number of carbonyl (C=O) groups is 2. The molecule has 1 aromatic rings. The number of hydrogen-bond donors (Lipinski definition) is 2. The van der Waals surface area contributed by atoms with Crippen LogP contribution in [0.15, 0.2) is 12.1 Å². The molecule has 5 heteroatoms. The summed E-state index contributed by atoms with van der Waals surface area (Å²) in [6.07, 6.45) is 0. The van der Waals surface area contributed by atoms with Gasteiger partial charge in [-0.25, -0.2) is 0 Å². The summed E-state index contributed by atoms with van der Waals surface area (Å²) >= 11 is 0. The highest BCUT2D eigenvalue weighted by molar-refractivity contribution is 6.12. The van der Waals surface area contributed by atoms with E-state index in [1.165, 1.54) is 7.05 Å². The van der Waals surface area contributed by atoms with Gasteiger partial charge in [0.15, 0.2) is 11.8 Å². The van der Waals surface area contributed by atoms with E-state index in [2.05, 4.69) is 5.32 Å². The van der Waals surface area contributed by atoms with E-state index in [9.17, 15) is 9.59 Å². The van der Waals surface area contributed by atoms with Crippen molar-refractivity contribution < 1.29 is 19.4 Å². The summed E-state index contributed by atoms with van der Waals surface area (Å²) in [5.74, 6) is -0.955. The second-order valence-corrected chi connectivity index (χ2v) is 4.06. The lowest BCUT2D eigenvalue weighted by atomic mass is 9.97. The average Bonchev–Trinajstić information content (AvgIpc) is 2.31. The fraction of sp³-hybridized carbons (Fsp3) is 0.385. The molecule has 2 N–H and O–H groups in total. The highest BCUT2D eigenvalue weighted by Crippen LogP contribution is 2.23. The van der Waals surface area contributed by atoms with Gasteiger partial charge in [-0.3, -0.25) is 9.59 Å². The number of likely N-dealkylation sites (N-methyl/N-ethyl adjacent to an activating group) is 1. The van der Waals surface area contributed by atoms with E-state index in [4.69, 9.17) is 9.84 Å². The minimum absolute atomic E-state index is 0.398. The first kappa shape index (κ1) is 14.2. The number of ether oxygens (including phenoxy) is 1. The summed E-state index contributed by atoms with van der Waals surface area (Å²) in [5.41, 5.74) is 1.89. The topological polar surface area (TPSA) is 75.6 Å². The van der Waals surface area contributed by atoms with Gasteiger partial charge < -0.3 is 15.2 Å². The van der Waals surface area contributed by atoms with Crippen molar-refractivity contribution in [3.05, 3.63) is 28.8 Å². The molecule has 1 aromatic carbocycles. The van der Waals surface area contributed by atoms with Crippen molar-refractivity contribution in [3.8, 4) is 5.75 Å². The van der Waals surface area contributed by atoms with E-state index in [0.717, 1.165) is 5.56 Å². The molecule has 0 aliphatic carbocycles. The number of aryl methyl sites for hydroxylation is 2. The Hall–Kier alpha value is -1.88. The molecule has 0 saturated heterocycles. The summed E-state index contributed by atoms with van der Waals surface area (Å²) in [7, 11) is 3.00. The first-order chi connectivity index (χ1) is 8.42. The smallest absolute Gasteiger partial charge is 0.328 e. The maximum atomic E-state index is 12.1. The predicted octanol–water partition coefficient (Wildman–Crippen LogP) is 1.17. The van der Waals surface area contributed by atoms with Gasteiger partial charge >= 0.3 is 5.97 Å². The highest BCUT2D eigenvalue weighted by Gasteiger charge is 2.26. The van der Waals surface area contributed by atoms with Gasteiger partial charge in [-0.1, -0.05) is 0 Å². The Balaban J connectivity index is 3.21. The molecule has 18 heavy (non-hydrogen) atoms. The molecular formula is C13H17NO4. The molecule has 0 aliphatic heterocycles. The number of hydrogen-bond acceptors (Lipinski definition) is 4. The lowest BCUT2D eigenvalue weighted by Gasteiger charge is -2.14. The fourth-order valence-corrected chi connectivity index (χ4v) is 1.80. The van der Waals surface area contributed by atoms with E-state index < -0.39 is 17.8 Å². The van der Waals surface area contributed by atoms with Crippen LogP contribution in [-0.2, 0) is 4.79 Å². The number of benzene rings is 1. The molecule has 0 aromatic heterocycles. The third-order valence-electron chi connectivity index (χ3n) is 2.81. The molecule has 1 unspecified atom stereocenters. The minimum atomic E-state index is -1.23. The van der Waals surface area contributed by atoms with Crippen LogP contribution in [0.3, 0.4) is 0 Å². The van der Waals surface area contributed by atoms with Gasteiger partial charge in [0.1, 0.15) is 5.75 Å². The van der Waals surface area contributed by atoms with E-state index >= 15 is 0 Å². The summed E-state index contributed by atoms with van der Waals surface area (Å²) in [5, 5.41) is 11.5. The summed E-state index contributed by atoms with van der Waals surface area (Å²) < 4.78 is 5.15. The number of ketones is 1. The standard InChI is InChI=1S/C13H17NO4/c1-7-6-10(18-4)8(2)5-9(7)12(15)11(14-3)13(16)17/h5-6,11,14H,1-4H3,(H,16,17). The number of carboxylic acid groups (broad SMARTS) is 1. The molecule has 0 saturated carbocycles. The van der Waals surface area contributed by atoms with Crippen LogP contribution in [0.2, 0.25) is 0 Å². The van der Waals surface area contributed by atoms with Crippen molar-refractivity contribution in [2.24, 2.45) is 0 Å². The van der Waals surface area contributed by atoms with Crippen LogP contribution in [0.4, 0.5) is 0 Å². The molecule has 98 valence electrons. The second-order valence-electron chi connectivity index (χ2n) is 4.06. The van der Waals surface area contributed by atoms with E-state index in [-0.39, 0.29) is 0 Å². The number of methoxy groups -OCH3 is 1. The summed E-state index contributed by atoms with van der Waals surface area (Å²) in [6.45, 7) is 3.56.